The fourth-order valence-electron chi connectivity index (χ4n) is 2.76. The van der Waals surface area contributed by atoms with Crippen molar-refractivity contribution in [3.05, 3.63) is 46.4 Å². The molecule has 0 heterocycles. The molecule has 2 heteroatoms. The van der Waals surface area contributed by atoms with E-state index in [1.165, 1.54) is 35.6 Å². The summed E-state index contributed by atoms with van der Waals surface area (Å²) in [7, 11) is 0. The van der Waals surface area contributed by atoms with Crippen LogP contribution in [0.4, 0.5) is 0 Å². The topological polar surface area (TPSA) is 26.0 Å². The molecule has 0 amide bonds. The molecule has 0 unspecified atom stereocenters. The molecule has 0 radical (unpaired) electrons. The van der Waals surface area contributed by atoms with Gasteiger partial charge in [0.15, 0.2) is 0 Å². The Morgan fingerprint density at radius 2 is 1.82 bits per heavy atom. The van der Waals surface area contributed by atoms with Gasteiger partial charge in [0.25, 0.3) is 0 Å². The molecule has 3 rings (SSSR count). The number of fused-ring (bicyclic) bond motifs is 1. The Kier molecular flexibility index (Phi) is 2.72. The summed E-state index contributed by atoms with van der Waals surface area (Å²) in [6.07, 6.45) is 3.79. The van der Waals surface area contributed by atoms with Crippen LogP contribution in [0.15, 0.2) is 40.9 Å². The first-order chi connectivity index (χ1) is 8.23. The lowest BCUT2D eigenvalue weighted by Crippen LogP contribution is -2.41. The van der Waals surface area contributed by atoms with Crippen LogP contribution in [0.5, 0.6) is 0 Å². The molecule has 0 aromatic heterocycles. The van der Waals surface area contributed by atoms with Gasteiger partial charge in [0.05, 0.1) is 0 Å². The average Bonchev–Trinajstić information content (AvgIpc) is 2.28. The monoisotopic (exact) mass is 289 g/mol. The van der Waals surface area contributed by atoms with Crippen LogP contribution in [0.2, 0.25) is 0 Å². The van der Waals surface area contributed by atoms with Crippen molar-refractivity contribution in [3.8, 4) is 0 Å². The maximum Gasteiger partial charge on any atom is 0.0181 e. The van der Waals surface area contributed by atoms with Gasteiger partial charge in [-0.25, -0.2) is 0 Å². The molecule has 17 heavy (non-hydrogen) atoms. The maximum atomic E-state index is 5.97. The first-order valence-electron chi connectivity index (χ1n) is 6.13. The van der Waals surface area contributed by atoms with Gasteiger partial charge in [-0.2, -0.15) is 0 Å². The SMILES string of the molecule is NCC1(c2ccc3ccc(Br)cc3c2)CCC1. The van der Waals surface area contributed by atoms with E-state index in [-0.39, 0.29) is 5.41 Å². The predicted molar refractivity (Wildman–Crippen MR) is 76.2 cm³/mol. The fraction of sp³-hybridized carbons (Fsp3) is 0.333. The summed E-state index contributed by atoms with van der Waals surface area (Å²) in [5.74, 6) is 0. The molecule has 2 N–H and O–H groups in total. The molecule has 0 aliphatic heterocycles. The number of rotatable bonds is 2. The third-order valence-electron chi connectivity index (χ3n) is 4.12. The summed E-state index contributed by atoms with van der Waals surface area (Å²) in [4.78, 5) is 0. The molecule has 1 aliphatic carbocycles. The van der Waals surface area contributed by atoms with E-state index in [1.54, 1.807) is 0 Å². The van der Waals surface area contributed by atoms with Crippen molar-refractivity contribution in [2.75, 3.05) is 6.54 Å². The summed E-state index contributed by atoms with van der Waals surface area (Å²) < 4.78 is 1.14. The van der Waals surface area contributed by atoms with Crippen LogP contribution in [-0.4, -0.2) is 6.54 Å². The van der Waals surface area contributed by atoms with Crippen molar-refractivity contribution in [3.63, 3.8) is 0 Å². The minimum Gasteiger partial charge on any atom is -0.330 e. The van der Waals surface area contributed by atoms with Crippen molar-refractivity contribution in [1.29, 1.82) is 0 Å². The highest BCUT2D eigenvalue weighted by molar-refractivity contribution is 9.10. The van der Waals surface area contributed by atoms with E-state index in [1.807, 2.05) is 0 Å². The molecule has 0 bridgehead atoms. The summed E-state index contributed by atoms with van der Waals surface area (Å²) in [5.41, 5.74) is 7.64. The van der Waals surface area contributed by atoms with Gasteiger partial charge in [0.1, 0.15) is 0 Å². The van der Waals surface area contributed by atoms with Gasteiger partial charge >= 0.3 is 0 Å². The van der Waals surface area contributed by atoms with E-state index >= 15 is 0 Å². The van der Waals surface area contributed by atoms with Crippen LogP contribution in [0.1, 0.15) is 24.8 Å². The normalized spacial score (nSPS) is 18.0. The molecule has 2 aromatic rings. The third-order valence-corrected chi connectivity index (χ3v) is 4.61. The first-order valence-corrected chi connectivity index (χ1v) is 6.93. The number of hydrogen-bond acceptors (Lipinski definition) is 1. The number of benzene rings is 2. The number of hydrogen-bond donors (Lipinski definition) is 1. The Morgan fingerprint density at radius 3 is 2.47 bits per heavy atom. The highest BCUT2D eigenvalue weighted by atomic mass is 79.9. The Labute approximate surface area is 110 Å². The first kappa shape index (κ1) is 11.2. The highest BCUT2D eigenvalue weighted by Gasteiger charge is 2.37. The smallest absolute Gasteiger partial charge is 0.0181 e. The average molecular weight is 290 g/mol. The van der Waals surface area contributed by atoms with Crippen LogP contribution < -0.4 is 5.73 Å². The zero-order chi connectivity index (χ0) is 11.9. The van der Waals surface area contributed by atoms with Crippen molar-refractivity contribution in [1.82, 2.24) is 0 Å². The zero-order valence-electron chi connectivity index (χ0n) is 9.75. The van der Waals surface area contributed by atoms with Crippen LogP contribution >= 0.6 is 15.9 Å². The molecule has 1 nitrogen and oxygen atoms in total. The molecule has 0 saturated heterocycles. The van der Waals surface area contributed by atoms with Crippen molar-refractivity contribution >= 4 is 26.7 Å². The third kappa shape index (κ3) is 1.80. The van der Waals surface area contributed by atoms with Crippen molar-refractivity contribution < 1.29 is 0 Å². The molecule has 0 spiro atoms. The number of halogens is 1. The zero-order valence-corrected chi connectivity index (χ0v) is 11.3. The van der Waals surface area contributed by atoms with E-state index in [2.05, 4.69) is 52.3 Å². The quantitative estimate of drug-likeness (QED) is 0.889. The van der Waals surface area contributed by atoms with Crippen LogP contribution in [-0.2, 0) is 5.41 Å². The van der Waals surface area contributed by atoms with E-state index in [9.17, 15) is 0 Å². The summed E-state index contributed by atoms with van der Waals surface area (Å²) >= 11 is 3.53. The van der Waals surface area contributed by atoms with Crippen LogP contribution in [0, 0.1) is 0 Å². The Morgan fingerprint density at radius 1 is 1.06 bits per heavy atom. The maximum absolute atomic E-state index is 5.97. The van der Waals surface area contributed by atoms with E-state index in [0.717, 1.165) is 11.0 Å². The molecule has 1 saturated carbocycles. The Bertz CT molecular complexity index is 552. The van der Waals surface area contributed by atoms with Gasteiger partial charge in [0, 0.05) is 16.4 Å². The van der Waals surface area contributed by atoms with Gasteiger partial charge in [-0.1, -0.05) is 46.6 Å². The van der Waals surface area contributed by atoms with Crippen molar-refractivity contribution in [2.24, 2.45) is 5.73 Å². The standard InChI is InChI=1S/C15H16BrN/c16-14-5-3-11-2-4-13(8-12(11)9-14)15(10-17)6-1-7-15/h2-5,8-9H,1,6-7,10,17H2. The van der Waals surface area contributed by atoms with Gasteiger partial charge in [-0.05, 0) is 41.3 Å². The van der Waals surface area contributed by atoms with Crippen LogP contribution in [0.3, 0.4) is 0 Å². The van der Waals surface area contributed by atoms with E-state index < -0.39 is 0 Å². The lowest BCUT2D eigenvalue weighted by molar-refractivity contribution is 0.253. The van der Waals surface area contributed by atoms with E-state index in [0.29, 0.717) is 0 Å². The number of nitrogens with two attached hydrogens (primary N) is 1. The van der Waals surface area contributed by atoms with Crippen molar-refractivity contribution in [2.45, 2.75) is 24.7 Å². The highest BCUT2D eigenvalue weighted by Crippen LogP contribution is 2.43. The van der Waals surface area contributed by atoms with Gasteiger partial charge in [-0.15, -0.1) is 0 Å². The molecule has 1 fully saturated rings. The minimum atomic E-state index is 0.260. The summed E-state index contributed by atoms with van der Waals surface area (Å²) in [6.45, 7) is 0.770. The summed E-state index contributed by atoms with van der Waals surface area (Å²) in [5, 5.41) is 2.60. The second kappa shape index (κ2) is 4.11. The Balaban J connectivity index is 2.12. The second-order valence-electron chi connectivity index (χ2n) is 5.04. The lowest BCUT2D eigenvalue weighted by Gasteiger charge is -2.41. The molecular formula is C15H16BrN. The molecule has 2 aromatic carbocycles. The lowest BCUT2D eigenvalue weighted by atomic mass is 9.64. The van der Waals surface area contributed by atoms with Gasteiger partial charge < -0.3 is 5.73 Å². The Hall–Kier alpha value is -0.860. The molecular weight excluding hydrogens is 274 g/mol. The van der Waals surface area contributed by atoms with E-state index in [4.69, 9.17) is 5.73 Å². The summed E-state index contributed by atoms with van der Waals surface area (Å²) in [6, 6.07) is 13.2. The predicted octanol–water partition coefficient (Wildman–Crippen LogP) is 3.98. The minimum absolute atomic E-state index is 0.260. The van der Waals surface area contributed by atoms with Gasteiger partial charge in [0.2, 0.25) is 0 Å². The van der Waals surface area contributed by atoms with Gasteiger partial charge in [-0.3, -0.25) is 0 Å². The van der Waals surface area contributed by atoms with Crippen LogP contribution in [0.25, 0.3) is 10.8 Å². The second-order valence-corrected chi connectivity index (χ2v) is 5.96. The molecule has 0 atom stereocenters. The molecule has 88 valence electrons. The molecule has 1 aliphatic rings. The fourth-order valence-corrected chi connectivity index (χ4v) is 3.14. The largest absolute Gasteiger partial charge is 0.330 e.